The third kappa shape index (κ3) is 2.22. The minimum absolute atomic E-state index is 0.447. The van der Waals surface area contributed by atoms with Crippen molar-refractivity contribution in [1.82, 2.24) is 5.32 Å². The Balaban J connectivity index is 2.24. The van der Waals surface area contributed by atoms with Crippen LogP contribution in [0.3, 0.4) is 0 Å². The number of nitrogens with one attached hydrogen (secondary N) is 1. The fourth-order valence-corrected chi connectivity index (χ4v) is 2.28. The van der Waals surface area contributed by atoms with Crippen molar-refractivity contribution in [3.05, 3.63) is 29.8 Å². The van der Waals surface area contributed by atoms with Crippen LogP contribution in [0, 0.1) is 5.41 Å². The Bertz CT molecular complexity index is 358. The van der Waals surface area contributed by atoms with Crippen molar-refractivity contribution in [2.75, 3.05) is 13.7 Å². The molecule has 0 saturated heterocycles. The van der Waals surface area contributed by atoms with Crippen LogP contribution < -0.4 is 10.1 Å². The van der Waals surface area contributed by atoms with Gasteiger partial charge in [0, 0.05) is 6.04 Å². The van der Waals surface area contributed by atoms with E-state index in [4.69, 9.17) is 4.74 Å². The lowest BCUT2D eigenvalue weighted by atomic mass is 9.91. The van der Waals surface area contributed by atoms with Crippen LogP contribution in [0.2, 0.25) is 0 Å². The monoisotopic (exact) mass is 219 g/mol. The first kappa shape index (κ1) is 11.5. The number of rotatable bonds is 5. The van der Waals surface area contributed by atoms with E-state index in [0.29, 0.717) is 11.5 Å². The first-order valence-corrected chi connectivity index (χ1v) is 6.07. The van der Waals surface area contributed by atoms with E-state index < -0.39 is 0 Å². The average molecular weight is 219 g/mol. The van der Waals surface area contributed by atoms with Gasteiger partial charge in [0.2, 0.25) is 0 Å². The van der Waals surface area contributed by atoms with Crippen LogP contribution in [-0.4, -0.2) is 13.7 Å². The van der Waals surface area contributed by atoms with E-state index in [1.807, 2.05) is 6.07 Å². The molecule has 1 aliphatic rings. The van der Waals surface area contributed by atoms with E-state index >= 15 is 0 Å². The zero-order valence-electron chi connectivity index (χ0n) is 10.4. The lowest BCUT2D eigenvalue weighted by molar-refractivity contribution is 0.369. The topological polar surface area (TPSA) is 21.3 Å². The molecule has 1 N–H and O–H groups in total. The number of ether oxygens (including phenoxy) is 1. The zero-order valence-corrected chi connectivity index (χ0v) is 10.4. The molecule has 0 amide bonds. The van der Waals surface area contributed by atoms with E-state index in [-0.39, 0.29) is 0 Å². The van der Waals surface area contributed by atoms with Gasteiger partial charge in [-0.15, -0.1) is 0 Å². The highest BCUT2D eigenvalue weighted by atomic mass is 16.5. The average Bonchev–Trinajstić information content (AvgIpc) is 3.05. The summed E-state index contributed by atoms with van der Waals surface area (Å²) in [7, 11) is 1.72. The van der Waals surface area contributed by atoms with Crippen LogP contribution in [0.25, 0.3) is 0 Å². The summed E-state index contributed by atoms with van der Waals surface area (Å²) in [5, 5.41) is 3.60. The van der Waals surface area contributed by atoms with Crippen LogP contribution in [0.4, 0.5) is 0 Å². The zero-order chi connectivity index (χ0) is 11.6. The van der Waals surface area contributed by atoms with Crippen LogP contribution in [0.15, 0.2) is 24.3 Å². The van der Waals surface area contributed by atoms with Gasteiger partial charge in [-0.2, -0.15) is 0 Å². The Hall–Kier alpha value is -1.02. The molecule has 0 aromatic heterocycles. The van der Waals surface area contributed by atoms with Crippen molar-refractivity contribution < 1.29 is 4.74 Å². The molecule has 0 aliphatic heterocycles. The summed E-state index contributed by atoms with van der Waals surface area (Å²) in [6.45, 7) is 5.54. The number of hydrogen-bond acceptors (Lipinski definition) is 2. The molecule has 0 radical (unpaired) electrons. The molecular weight excluding hydrogens is 198 g/mol. The smallest absolute Gasteiger partial charge is 0.119 e. The van der Waals surface area contributed by atoms with Gasteiger partial charge in [0.1, 0.15) is 5.75 Å². The van der Waals surface area contributed by atoms with E-state index in [2.05, 4.69) is 37.4 Å². The molecule has 1 fully saturated rings. The molecule has 0 heterocycles. The highest BCUT2D eigenvalue weighted by molar-refractivity contribution is 5.32. The molecule has 1 aromatic rings. The molecule has 1 aromatic carbocycles. The van der Waals surface area contributed by atoms with Crippen molar-refractivity contribution in [2.45, 2.75) is 32.7 Å². The Morgan fingerprint density at radius 2 is 2.19 bits per heavy atom. The Morgan fingerprint density at radius 1 is 1.44 bits per heavy atom. The number of methoxy groups -OCH3 is 1. The molecule has 1 atom stereocenters. The predicted molar refractivity (Wildman–Crippen MR) is 66.8 cm³/mol. The first-order chi connectivity index (χ1) is 7.69. The maximum absolute atomic E-state index is 5.29. The van der Waals surface area contributed by atoms with Crippen molar-refractivity contribution in [3.63, 3.8) is 0 Å². The lowest BCUT2D eigenvalue weighted by Crippen LogP contribution is -2.27. The SMILES string of the molecule is CCNC(c1cccc(OC)c1)C1(C)CC1. The minimum atomic E-state index is 0.447. The van der Waals surface area contributed by atoms with Crippen molar-refractivity contribution in [2.24, 2.45) is 5.41 Å². The molecular formula is C14H21NO. The second-order valence-corrected chi connectivity index (χ2v) is 4.92. The number of benzene rings is 1. The summed E-state index contributed by atoms with van der Waals surface area (Å²) in [6.07, 6.45) is 2.64. The Morgan fingerprint density at radius 3 is 2.75 bits per heavy atom. The largest absolute Gasteiger partial charge is 0.497 e. The van der Waals surface area contributed by atoms with E-state index in [1.54, 1.807) is 7.11 Å². The highest BCUT2D eigenvalue weighted by Crippen LogP contribution is 2.54. The summed E-state index contributed by atoms with van der Waals surface area (Å²) >= 11 is 0. The van der Waals surface area contributed by atoms with Gasteiger partial charge in [0.05, 0.1) is 7.11 Å². The van der Waals surface area contributed by atoms with Crippen LogP contribution in [0.1, 0.15) is 38.3 Å². The van der Waals surface area contributed by atoms with Gasteiger partial charge in [0.25, 0.3) is 0 Å². The van der Waals surface area contributed by atoms with Gasteiger partial charge in [-0.05, 0) is 42.5 Å². The summed E-state index contributed by atoms with van der Waals surface area (Å²) < 4.78 is 5.29. The lowest BCUT2D eigenvalue weighted by Gasteiger charge is -2.25. The molecule has 88 valence electrons. The van der Waals surface area contributed by atoms with Gasteiger partial charge < -0.3 is 10.1 Å². The normalized spacial score (nSPS) is 19.2. The molecule has 16 heavy (non-hydrogen) atoms. The van der Waals surface area contributed by atoms with Crippen LogP contribution in [0.5, 0.6) is 5.75 Å². The summed E-state index contributed by atoms with van der Waals surface area (Å²) in [6, 6.07) is 8.88. The van der Waals surface area contributed by atoms with Gasteiger partial charge in [-0.1, -0.05) is 26.0 Å². The number of hydrogen-bond donors (Lipinski definition) is 1. The Labute approximate surface area is 98.0 Å². The standard InChI is InChI=1S/C14H21NO/c1-4-15-13(14(2)8-9-14)11-6-5-7-12(10-11)16-3/h5-7,10,13,15H,4,8-9H2,1-3H3. The predicted octanol–water partition coefficient (Wildman–Crippen LogP) is 3.15. The van der Waals surface area contributed by atoms with Gasteiger partial charge in [0.15, 0.2) is 0 Å². The molecule has 2 nitrogen and oxygen atoms in total. The maximum Gasteiger partial charge on any atom is 0.119 e. The van der Waals surface area contributed by atoms with Gasteiger partial charge >= 0.3 is 0 Å². The summed E-state index contributed by atoms with van der Waals surface area (Å²) in [5.74, 6) is 0.949. The molecule has 2 rings (SSSR count). The molecule has 0 bridgehead atoms. The van der Waals surface area contributed by atoms with E-state index in [9.17, 15) is 0 Å². The maximum atomic E-state index is 5.29. The fraction of sp³-hybridized carbons (Fsp3) is 0.571. The molecule has 2 heteroatoms. The molecule has 0 spiro atoms. The van der Waals surface area contributed by atoms with Gasteiger partial charge in [-0.25, -0.2) is 0 Å². The first-order valence-electron chi connectivity index (χ1n) is 6.07. The van der Waals surface area contributed by atoms with Crippen molar-refractivity contribution >= 4 is 0 Å². The second kappa shape index (κ2) is 4.46. The molecule has 1 unspecified atom stereocenters. The van der Waals surface area contributed by atoms with Crippen LogP contribution >= 0.6 is 0 Å². The van der Waals surface area contributed by atoms with Crippen molar-refractivity contribution in [3.8, 4) is 5.75 Å². The summed E-state index contributed by atoms with van der Waals surface area (Å²) in [5.41, 5.74) is 1.80. The van der Waals surface area contributed by atoms with Crippen LogP contribution in [-0.2, 0) is 0 Å². The molecule has 1 aliphatic carbocycles. The van der Waals surface area contributed by atoms with E-state index in [0.717, 1.165) is 12.3 Å². The Kier molecular flexibility index (Phi) is 3.20. The summed E-state index contributed by atoms with van der Waals surface area (Å²) in [4.78, 5) is 0. The highest BCUT2D eigenvalue weighted by Gasteiger charge is 2.45. The van der Waals surface area contributed by atoms with Crippen molar-refractivity contribution in [1.29, 1.82) is 0 Å². The second-order valence-electron chi connectivity index (χ2n) is 4.92. The third-order valence-corrected chi connectivity index (χ3v) is 3.57. The fourth-order valence-electron chi connectivity index (χ4n) is 2.28. The van der Waals surface area contributed by atoms with E-state index in [1.165, 1.54) is 18.4 Å². The third-order valence-electron chi connectivity index (χ3n) is 3.57. The molecule has 1 saturated carbocycles. The quantitative estimate of drug-likeness (QED) is 0.821. The van der Waals surface area contributed by atoms with Gasteiger partial charge in [-0.3, -0.25) is 0 Å². The minimum Gasteiger partial charge on any atom is -0.497 e.